The maximum absolute atomic E-state index is 10.9. The van der Waals surface area contributed by atoms with Gasteiger partial charge in [0.05, 0.1) is 18.2 Å². The molecular weight excluding hydrogens is 228 g/mol. The topological polar surface area (TPSA) is 55.1 Å². The van der Waals surface area contributed by atoms with Crippen LogP contribution in [-0.2, 0) is 11.2 Å². The number of carbonyl (C=O) groups is 1. The average Bonchev–Trinajstić information content (AvgIpc) is 2.58. The van der Waals surface area contributed by atoms with E-state index in [1.807, 2.05) is 13.8 Å². The molecular formula is C14H22N2O2. The Morgan fingerprint density at radius 3 is 2.50 bits per heavy atom. The average molecular weight is 250 g/mol. The van der Waals surface area contributed by atoms with Crippen LogP contribution in [0.25, 0.3) is 0 Å². The van der Waals surface area contributed by atoms with Gasteiger partial charge in [-0.3, -0.25) is 9.48 Å². The number of nitrogens with zero attached hydrogens (tertiary/aromatic N) is 2. The molecule has 1 heterocycles. The normalized spacial score (nSPS) is 24.2. The lowest BCUT2D eigenvalue weighted by Crippen LogP contribution is -2.19. The molecule has 0 spiro atoms. The summed E-state index contributed by atoms with van der Waals surface area (Å²) in [5.41, 5.74) is 2.80. The summed E-state index contributed by atoms with van der Waals surface area (Å²) in [6.07, 6.45) is 4.90. The van der Waals surface area contributed by atoms with Crippen LogP contribution >= 0.6 is 0 Å². The maximum Gasteiger partial charge on any atom is 0.307 e. The SMILES string of the molecule is Cc1nn(C2CCC(C)CC2)c(C)c1CC(=O)O. The molecule has 0 saturated heterocycles. The number of hydrogen-bond acceptors (Lipinski definition) is 2. The van der Waals surface area contributed by atoms with Crippen molar-refractivity contribution in [1.29, 1.82) is 0 Å². The highest BCUT2D eigenvalue weighted by Gasteiger charge is 2.24. The third-order valence-electron chi connectivity index (χ3n) is 4.13. The van der Waals surface area contributed by atoms with E-state index in [4.69, 9.17) is 5.11 Å². The second-order valence-electron chi connectivity index (χ2n) is 5.58. The molecule has 1 aliphatic carbocycles. The van der Waals surface area contributed by atoms with E-state index >= 15 is 0 Å². The molecule has 1 saturated carbocycles. The van der Waals surface area contributed by atoms with Crippen molar-refractivity contribution in [2.24, 2.45) is 5.92 Å². The summed E-state index contributed by atoms with van der Waals surface area (Å²) >= 11 is 0. The molecule has 4 nitrogen and oxygen atoms in total. The number of aliphatic carboxylic acids is 1. The minimum Gasteiger partial charge on any atom is -0.481 e. The van der Waals surface area contributed by atoms with Crippen LogP contribution in [0.3, 0.4) is 0 Å². The van der Waals surface area contributed by atoms with Crippen LogP contribution in [-0.4, -0.2) is 20.9 Å². The van der Waals surface area contributed by atoms with Gasteiger partial charge in [-0.05, 0) is 45.4 Å². The second kappa shape index (κ2) is 5.12. The van der Waals surface area contributed by atoms with Crippen molar-refractivity contribution in [2.75, 3.05) is 0 Å². The molecule has 4 heteroatoms. The number of hydrogen-bond donors (Lipinski definition) is 1. The first-order valence-electron chi connectivity index (χ1n) is 6.75. The molecule has 0 amide bonds. The monoisotopic (exact) mass is 250 g/mol. The molecule has 0 bridgehead atoms. The quantitative estimate of drug-likeness (QED) is 0.897. The molecule has 100 valence electrons. The largest absolute Gasteiger partial charge is 0.481 e. The lowest BCUT2D eigenvalue weighted by Gasteiger charge is -2.27. The zero-order valence-electron chi connectivity index (χ0n) is 11.4. The Labute approximate surface area is 108 Å². The summed E-state index contributed by atoms with van der Waals surface area (Å²) < 4.78 is 2.07. The first-order chi connectivity index (χ1) is 8.49. The molecule has 1 aromatic heterocycles. The van der Waals surface area contributed by atoms with Gasteiger partial charge in [0.1, 0.15) is 0 Å². The molecule has 18 heavy (non-hydrogen) atoms. The molecule has 0 atom stereocenters. The first kappa shape index (κ1) is 13.1. The molecule has 1 fully saturated rings. The van der Waals surface area contributed by atoms with Crippen LogP contribution in [0.15, 0.2) is 0 Å². The van der Waals surface area contributed by atoms with Crippen molar-refractivity contribution in [3.05, 3.63) is 17.0 Å². The van der Waals surface area contributed by atoms with Gasteiger partial charge < -0.3 is 5.11 Å². The van der Waals surface area contributed by atoms with E-state index in [1.54, 1.807) is 0 Å². The van der Waals surface area contributed by atoms with Crippen LogP contribution in [0.1, 0.15) is 55.6 Å². The van der Waals surface area contributed by atoms with Crippen LogP contribution in [0, 0.1) is 19.8 Å². The summed E-state index contributed by atoms with van der Waals surface area (Å²) in [7, 11) is 0. The van der Waals surface area contributed by atoms with Gasteiger partial charge >= 0.3 is 5.97 Å². The van der Waals surface area contributed by atoms with Gasteiger partial charge in [-0.1, -0.05) is 6.92 Å². The van der Waals surface area contributed by atoms with E-state index in [9.17, 15) is 4.79 Å². The molecule has 0 aliphatic heterocycles. The Morgan fingerprint density at radius 2 is 1.94 bits per heavy atom. The summed E-state index contributed by atoms with van der Waals surface area (Å²) in [6, 6.07) is 0.461. The minimum atomic E-state index is -0.780. The molecule has 2 rings (SSSR count). The van der Waals surface area contributed by atoms with Crippen LogP contribution in [0.2, 0.25) is 0 Å². The Bertz CT molecular complexity index is 443. The van der Waals surface area contributed by atoms with Gasteiger partial charge in [0.25, 0.3) is 0 Å². The lowest BCUT2D eigenvalue weighted by atomic mass is 9.87. The van der Waals surface area contributed by atoms with E-state index in [2.05, 4.69) is 16.7 Å². The molecule has 1 aromatic rings. The maximum atomic E-state index is 10.9. The van der Waals surface area contributed by atoms with Gasteiger partial charge in [0.2, 0.25) is 0 Å². The number of aryl methyl sites for hydroxylation is 1. The number of carboxylic acid groups (broad SMARTS) is 1. The number of rotatable bonds is 3. The van der Waals surface area contributed by atoms with E-state index < -0.39 is 5.97 Å². The standard InChI is InChI=1S/C14H22N2O2/c1-9-4-6-12(7-5-9)16-11(3)13(8-14(17)18)10(2)15-16/h9,12H,4-8H2,1-3H3,(H,17,18). The smallest absolute Gasteiger partial charge is 0.307 e. The summed E-state index contributed by atoms with van der Waals surface area (Å²) in [4.78, 5) is 10.9. The highest BCUT2D eigenvalue weighted by molar-refractivity contribution is 5.70. The van der Waals surface area contributed by atoms with Crippen molar-refractivity contribution < 1.29 is 9.90 Å². The van der Waals surface area contributed by atoms with E-state index in [1.165, 1.54) is 12.8 Å². The third kappa shape index (κ3) is 2.57. The molecule has 0 radical (unpaired) electrons. The second-order valence-corrected chi connectivity index (χ2v) is 5.58. The van der Waals surface area contributed by atoms with Crippen LogP contribution in [0.4, 0.5) is 0 Å². The summed E-state index contributed by atoms with van der Waals surface area (Å²) in [6.45, 7) is 6.21. The van der Waals surface area contributed by atoms with Crippen molar-refractivity contribution in [2.45, 2.75) is 58.9 Å². The number of aromatic nitrogens is 2. The lowest BCUT2D eigenvalue weighted by molar-refractivity contribution is -0.136. The summed E-state index contributed by atoms with van der Waals surface area (Å²) in [5.74, 6) is 0.0368. The molecule has 1 aliphatic rings. The van der Waals surface area contributed by atoms with Crippen molar-refractivity contribution >= 4 is 5.97 Å². The van der Waals surface area contributed by atoms with E-state index in [0.717, 1.165) is 35.7 Å². The van der Waals surface area contributed by atoms with Crippen LogP contribution < -0.4 is 0 Å². The highest BCUT2D eigenvalue weighted by Crippen LogP contribution is 2.33. The van der Waals surface area contributed by atoms with Gasteiger partial charge in [0.15, 0.2) is 0 Å². The fourth-order valence-corrected chi connectivity index (χ4v) is 2.95. The zero-order chi connectivity index (χ0) is 13.3. The number of carboxylic acids is 1. The molecule has 0 aromatic carbocycles. The van der Waals surface area contributed by atoms with E-state index in [0.29, 0.717) is 6.04 Å². The van der Waals surface area contributed by atoms with Gasteiger partial charge in [-0.25, -0.2) is 0 Å². The van der Waals surface area contributed by atoms with Gasteiger partial charge in [-0.2, -0.15) is 5.10 Å². The Kier molecular flexibility index (Phi) is 3.73. The fourth-order valence-electron chi connectivity index (χ4n) is 2.95. The van der Waals surface area contributed by atoms with Gasteiger partial charge in [-0.15, -0.1) is 0 Å². The van der Waals surface area contributed by atoms with Crippen molar-refractivity contribution in [3.63, 3.8) is 0 Å². The molecule has 0 unspecified atom stereocenters. The predicted octanol–water partition coefficient (Wildman–Crippen LogP) is 2.88. The summed E-state index contributed by atoms with van der Waals surface area (Å²) in [5, 5.41) is 13.5. The Morgan fingerprint density at radius 1 is 1.33 bits per heavy atom. The minimum absolute atomic E-state index is 0.0841. The van der Waals surface area contributed by atoms with Gasteiger partial charge in [0, 0.05) is 11.3 Å². The zero-order valence-corrected chi connectivity index (χ0v) is 11.4. The van der Waals surface area contributed by atoms with Crippen molar-refractivity contribution in [1.82, 2.24) is 9.78 Å². The Balaban J connectivity index is 2.21. The molecule has 1 N–H and O–H groups in total. The van der Waals surface area contributed by atoms with Crippen molar-refractivity contribution in [3.8, 4) is 0 Å². The predicted molar refractivity (Wildman–Crippen MR) is 69.7 cm³/mol. The Hall–Kier alpha value is -1.32. The third-order valence-corrected chi connectivity index (χ3v) is 4.13. The van der Waals surface area contributed by atoms with E-state index in [-0.39, 0.29) is 6.42 Å². The highest BCUT2D eigenvalue weighted by atomic mass is 16.4. The first-order valence-corrected chi connectivity index (χ1v) is 6.75. The van der Waals surface area contributed by atoms with Crippen LogP contribution in [0.5, 0.6) is 0 Å². The fraction of sp³-hybridized carbons (Fsp3) is 0.714.